The summed E-state index contributed by atoms with van der Waals surface area (Å²) in [5.41, 5.74) is 3.23. The first-order chi connectivity index (χ1) is 12.8. The number of carbonyl (C=O) groups is 1. The van der Waals surface area contributed by atoms with Gasteiger partial charge in [0.05, 0.1) is 0 Å². The number of likely N-dealkylation sites (tertiary alicyclic amines) is 1. The van der Waals surface area contributed by atoms with Crippen molar-refractivity contribution >= 4 is 5.91 Å². The van der Waals surface area contributed by atoms with Gasteiger partial charge in [0.2, 0.25) is 17.6 Å². The van der Waals surface area contributed by atoms with Crippen molar-refractivity contribution in [3.63, 3.8) is 0 Å². The molecule has 1 aliphatic heterocycles. The van der Waals surface area contributed by atoms with E-state index in [0.29, 0.717) is 24.6 Å². The highest BCUT2D eigenvalue weighted by atomic mass is 16.5. The molecule has 1 fully saturated rings. The second-order valence-electron chi connectivity index (χ2n) is 6.54. The second kappa shape index (κ2) is 7.52. The third-order valence-corrected chi connectivity index (χ3v) is 4.73. The van der Waals surface area contributed by atoms with Gasteiger partial charge in [-0.3, -0.25) is 4.79 Å². The third kappa shape index (κ3) is 3.67. The Labute approximate surface area is 152 Å². The second-order valence-corrected chi connectivity index (χ2v) is 6.54. The van der Waals surface area contributed by atoms with Gasteiger partial charge >= 0.3 is 0 Å². The summed E-state index contributed by atoms with van der Waals surface area (Å²) in [7, 11) is 0. The lowest BCUT2D eigenvalue weighted by atomic mass is 10.0. The molecule has 132 valence electrons. The van der Waals surface area contributed by atoms with E-state index in [9.17, 15) is 4.79 Å². The summed E-state index contributed by atoms with van der Waals surface area (Å²) in [5, 5.41) is 4.05. The molecule has 0 radical (unpaired) electrons. The van der Waals surface area contributed by atoms with Gasteiger partial charge in [-0.25, -0.2) is 0 Å². The lowest BCUT2D eigenvalue weighted by Gasteiger charge is -2.13. The molecule has 2 heterocycles. The Kier molecular flexibility index (Phi) is 4.78. The van der Waals surface area contributed by atoms with Crippen LogP contribution in [0.5, 0.6) is 0 Å². The van der Waals surface area contributed by atoms with Gasteiger partial charge in [-0.2, -0.15) is 4.98 Å². The fourth-order valence-electron chi connectivity index (χ4n) is 3.25. The van der Waals surface area contributed by atoms with E-state index in [2.05, 4.69) is 34.4 Å². The Morgan fingerprint density at radius 1 is 0.923 bits per heavy atom. The van der Waals surface area contributed by atoms with Crippen LogP contribution >= 0.6 is 0 Å². The molecule has 0 bridgehead atoms. The van der Waals surface area contributed by atoms with Crippen LogP contribution in [0, 0.1) is 0 Å². The van der Waals surface area contributed by atoms with Crippen molar-refractivity contribution in [2.75, 3.05) is 13.1 Å². The first kappa shape index (κ1) is 16.5. The number of rotatable bonds is 5. The zero-order valence-electron chi connectivity index (χ0n) is 14.6. The van der Waals surface area contributed by atoms with Crippen LogP contribution in [0.4, 0.5) is 0 Å². The number of hydrogen-bond acceptors (Lipinski definition) is 4. The topological polar surface area (TPSA) is 59.2 Å². The molecule has 5 heteroatoms. The van der Waals surface area contributed by atoms with Crippen LogP contribution in [0.3, 0.4) is 0 Å². The number of aromatic nitrogens is 2. The van der Waals surface area contributed by atoms with Gasteiger partial charge < -0.3 is 9.42 Å². The van der Waals surface area contributed by atoms with E-state index in [0.717, 1.165) is 37.1 Å². The van der Waals surface area contributed by atoms with Crippen LogP contribution in [-0.4, -0.2) is 34.0 Å². The summed E-state index contributed by atoms with van der Waals surface area (Å²) in [6.07, 6.45) is 3.13. The van der Waals surface area contributed by atoms with Crippen LogP contribution in [0.25, 0.3) is 22.5 Å². The van der Waals surface area contributed by atoms with E-state index in [-0.39, 0.29) is 5.91 Å². The Morgan fingerprint density at radius 2 is 1.58 bits per heavy atom. The van der Waals surface area contributed by atoms with Gasteiger partial charge in [0, 0.05) is 31.5 Å². The molecule has 1 aromatic heterocycles. The van der Waals surface area contributed by atoms with Crippen molar-refractivity contribution in [2.45, 2.75) is 25.7 Å². The van der Waals surface area contributed by atoms with Crippen molar-refractivity contribution in [1.29, 1.82) is 0 Å². The first-order valence-electron chi connectivity index (χ1n) is 9.06. The quantitative estimate of drug-likeness (QED) is 0.701. The van der Waals surface area contributed by atoms with Crippen LogP contribution in [0.15, 0.2) is 59.1 Å². The van der Waals surface area contributed by atoms with Crippen molar-refractivity contribution in [2.24, 2.45) is 0 Å². The highest BCUT2D eigenvalue weighted by molar-refractivity contribution is 5.76. The number of benzene rings is 2. The van der Waals surface area contributed by atoms with E-state index in [4.69, 9.17) is 4.52 Å². The van der Waals surface area contributed by atoms with Gasteiger partial charge in [0.15, 0.2) is 0 Å². The third-order valence-electron chi connectivity index (χ3n) is 4.73. The molecule has 0 N–H and O–H groups in total. The number of nitrogens with zero attached hydrogens (tertiary/aromatic N) is 3. The lowest BCUT2D eigenvalue weighted by molar-refractivity contribution is -0.130. The molecular formula is C21H21N3O2. The zero-order chi connectivity index (χ0) is 17.8. The molecule has 1 aliphatic rings. The normalized spacial score (nSPS) is 13.9. The molecule has 26 heavy (non-hydrogen) atoms. The molecule has 1 amide bonds. The van der Waals surface area contributed by atoms with Crippen LogP contribution in [-0.2, 0) is 11.2 Å². The Bertz CT molecular complexity index is 866. The van der Waals surface area contributed by atoms with Crippen LogP contribution in [0.1, 0.15) is 25.2 Å². The molecule has 4 rings (SSSR count). The minimum atomic E-state index is 0.175. The maximum atomic E-state index is 12.1. The van der Waals surface area contributed by atoms with Crippen molar-refractivity contribution in [1.82, 2.24) is 15.0 Å². The van der Waals surface area contributed by atoms with Gasteiger partial charge in [0.25, 0.3) is 0 Å². The maximum Gasteiger partial charge on any atom is 0.227 e. The zero-order valence-corrected chi connectivity index (χ0v) is 14.6. The molecular weight excluding hydrogens is 326 g/mol. The summed E-state index contributed by atoms with van der Waals surface area (Å²) in [5.74, 6) is 1.25. The Balaban J connectivity index is 1.40. The molecule has 0 saturated carbocycles. The number of aryl methyl sites for hydroxylation is 1. The highest BCUT2D eigenvalue weighted by Gasteiger charge is 2.18. The summed E-state index contributed by atoms with van der Waals surface area (Å²) < 4.78 is 5.32. The maximum absolute atomic E-state index is 12.1. The van der Waals surface area contributed by atoms with E-state index < -0.39 is 0 Å². The highest BCUT2D eigenvalue weighted by Crippen LogP contribution is 2.23. The molecule has 3 aromatic rings. The fraction of sp³-hybridized carbons (Fsp3) is 0.286. The SMILES string of the molecule is O=C(CCc1nc(-c2ccc(-c3ccccc3)cc2)no1)N1CCCC1. The van der Waals surface area contributed by atoms with Gasteiger partial charge in [0.1, 0.15) is 0 Å². The van der Waals surface area contributed by atoms with Gasteiger partial charge in [-0.05, 0) is 24.0 Å². The summed E-state index contributed by atoms with van der Waals surface area (Å²) in [6, 6.07) is 18.3. The molecule has 2 aromatic carbocycles. The van der Waals surface area contributed by atoms with Gasteiger partial charge in [-0.1, -0.05) is 59.8 Å². The smallest absolute Gasteiger partial charge is 0.227 e. The minimum Gasteiger partial charge on any atom is -0.343 e. The van der Waals surface area contributed by atoms with Gasteiger partial charge in [-0.15, -0.1) is 0 Å². The van der Waals surface area contributed by atoms with Crippen molar-refractivity contribution in [3.8, 4) is 22.5 Å². The average molecular weight is 347 g/mol. The number of carbonyl (C=O) groups excluding carboxylic acids is 1. The number of hydrogen-bond donors (Lipinski definition) is 0. The number of amides is 1. The van der Waals surface area contributed by atoms with E-state index in [1.807, 2.05) is 35.2 Å². The fourth-order valence-corrected chi connectivity index (χ4v) is 3.25. The van der Waals surface area contributed by atoms with Crippen molar-refractivity contribution in [3.05, 3.63) is 60.5 Å². The first-order valence-corrected chi connectivity index (χ1v) is 9.06. The summed E-state index contributed by atoms with van der Waals surface area (Å²) in [6.45, 7) is 1.75. The molecule has 5 nitrogen and oxygen atoms in total. The summed E-state index contributed by atoms with van der Waals surface area (Å²) >= 11 is 0. The van der Waals surface area contributed by atoms with Crippen LogP contribution < -0.4 is 0 Å². The molecule has 1 saturated heterocycles. The monoisotopic (exact) mass is 347 g/mol. The van der Waals surface area contributed by atoms with E-state index >= 15 is 0 Å². The molecule has 0 unspecified atom stereocenters. The van der Waals surface area contributed by atoms with E-state index in [1.54, 1.807) is 0 Å². The largest absolute Gasteiger partial charge is 0.343 e. The minimum absolute atomic E-state index is 0.175. The van der Waals surface area contributed by atoms with E-state index in [1.165, 1.54) is 5.56 Å². The predicted molar refractivity (Wildman–Crippen MR) is 99.3 cm³/mol. The Hall–Kier alpha value is -2.95. The Morgan fingerprint density at radius 3 is 2.31 bits per heavy atom. The average Bonchev–Trinajstić information content (AvgIpc) is 3.39. The summed E-state index contributed by atoms with van der Waals surface area (Å²) in [4.78, 5) is 18.5. The molecule has 0 atom stereocenters. The van der Waals surface area contributed by atoms with Crippen LogP contribution in [0.2, 0.25) is 0 Å². The molecule has 0 aliphatic carbocycles. The predicted octanol–water partition coefficient (Wildman–Crippen LogP) is 3.96. The lowest BCUT2D eigenvalue weighted by Crippen LogP contribution is -2.27. The standard InChI is InChI=1S/C21H21N3O2/c25-20(24-14-4-5-15-24)13-12-19-22-21(23-26-19)18-10-8-17(9-11-18)16-6-2-1-3-7-16/h1-3,6-11H,4-5,12-15H2. The van der Waals surface area contributed by atoms with Crippen molar-refractivity contribution < 1.29 is 9.32 Å². The molecule has 0 spiro atoms.